The lowest BCUT2D eigenvalue weighted by Crippen LogP contribution is -2.07. The Morgan fingerprint density at radius 3 is 2.32 bits per heavy atom. The normalized spacial score (nSPS) is 16.8. The summed E-state index contributed by atoms with van der Waals surface area (Å²) in [7, 11) is 1.60. The molecule has 0 atom stereocenters. The van der Waals surface area contributed by atoms with E-state index in [-0.39, 0.29) is 5.56 Å². The molecule has 0 unspecified atom stereocenters. The van der Waals surface area contributed by atoms with E-state index in [0.717, 1.165) is 18.4 Å². The molecule has 19 heavy (non-hydrogen) atoms. The molecule has 1 aromatic rings. The van der Waals surface area contributed by atoms with Crippen LogP contribution in [0.25, 0.3) is 0 Å². The van der Waals surface area contributed by atoms with Gasteiger partial charge in [-0.1, -0.05) is 19.3 Å². The van der Waals surface area contributed by atoms with Crippen LogP contribution in [0.2, 0.25) is 0 Å². The molecule has 2 rings (SSSR count). The first-order valence-corrected chi connectivity index (χ1v) is 7.19. The van der Waals surface area contributed by atoms with E-state index in [1.807, 2.05) is 0 Å². The lowest BCUT2D eigenvalue weighted by Gasteiger charge is -2.22. The summed E-state index contributed by atoms with van der Waals surface area (Å²) >= 11 is 0. The van der Waals surface area contributed by atoms with Crippen molar-refractivity contribution in [3.63, 3.8) is 0 Å². The standard InChI is InChI=1S/C16H22F2O/c1-19-9-5-8-14-15(17)10-13(11-16(14)18)12-6-3-2-4-7-12/h10-12H,2-9H2,1H3. The lowest BCUT2D eigenvalue weighted by molar-refractivity contribution is 0.194. The summed E-state index contributed by atoms with van der Waals surface area (Å²) in [4.78, 5) is 0. The van der Waals surface area contributed by atoms with Crippen LogP contribution in [-0.4, -0.2) is 13.7 Å². The Morgan fingerprint density at radius 2 is 1.74 bits per heavy atom. The molecule has 0 saturated heterocycles. The number of hydrogen-bond donors (Lipinski definition) is 0. The first kappa shape index (κ1) is 14.4. The maximum absolute atomic E-state index is 14.0. The number of hydrogen-bond acceptors (Lipinski definition) is 1. The first-order chi connectivity index (χ1) is 9.22. The van der Waals surface area contributed by atoms with Crippen LogP contribution in [-0.2, 0) is 11.2 Å². The molecule has 1 aromatic carbocycles. The van der Waals surface area contributed by atoms with Crippen molar-refractivity contribution in [1.29, 1.82) is 0 Å². The van der Waals surface area contributed by atoms with Crippen molar-refractivity contribution in [2.45, 2.75) is 50.9 Å². The second-order valence-electron chi connectivity index (χ2n) is 5.39. The van der Waals surface area contributed by atoms with Crippen molar-refractivity contribution in [1.82, 2.24) is 0 Å². The van der Waals surface area contributed by atoms with Crippen LogP contribution in [0, 0.1) is 11.6 Å². The Hall–Kier alpha value is -0.960. The molecule has 0 amide bonds. The molecule has 0 bridgehead atoms. The predicted molar refractivity (Wildman–Crippen MR) is 72.4 cm³/mol. The molecule has 0 aliphatic heterocycles. The van der Waals surface area contributed by atoms with Gasteiger partial charge in [-0.2, -0.15) is 0 Å². The quantitative estimate of drug-likeness (QED) is 0.710. The van der Waals surface area contributed by atoms with Gasteiger partial charge in [0.05, 0.1) is 0 Å². The molecule has 106 valence electrons. The fourth-order valence-corrected chi connectivity index (χ4v) is 2.93. The second-order valence-corrected chi connectivity index (χ2v) is 5.39. The van der Waals surface area contributed by atoms with Crippen molar-refractivity contribution < 1.29 is 13.5 Å². The van der Waals surface area contributed by atoms with Gasteiger partial charge in [0.2, 0.25) is 0 Å². The molecule has 1 nitrogen and oxygen atoms in total. The van der Waals surface area contributed by atoms with E-state index in [2.05, 4.69) is 0 Å². The number of benzene rings is 1. The Morgan fingerprint density at radius 1 is 1.11 bits per heavy atom. The average molecular weight is 268 g/mol. The molecular formula is C16H22F2O. The molecule has 0 radical (unpaired) electrons. The van der Waals surface area contributed by atoms with Crippen LogP contribution in [0.15, 0.2) is 12.1 Å². The summed E-state index contributed by atoms with van der Waals surface area (Å²) in [6, 6.07) is 3.09. The van der Waals surface area contributed by atoms with Gasteiger partial charge in [0.1, 0.15) is 11.6 Å². The van der Waals surface area contributed by atoms with Gasteiger partial charge >= 0.3 is 0 Å². The van der Waals surface area contributed by atoms with E-state index in [4.69, 9.17) is 4.74 Å². The zero-order valence-corrected chi connectivity index (χ0v) is 11.6. The smallest absolute Gasteiger partial charge is 0.129 e. The summed E-state index contributed by atoms with van der Waals surface area (Å²) in [5.41, 5.74) is 1.04. The minimum absolute atomic E-state index is 0.205. The third kappa shape index (κ3) is 3.75. The lowest BCUT2D eigenvalue weighted by atomic mass is 9.83. The van der Waals surface area contributed by atoms with Crippen molar-refractivity contribution in [3.8, 4) is 0 Å². The average Bonchev–Trinajstić information content (AvgIpc) is 2.43. The molecular weight excluding hydrogens is 246 g/mol. The summed E-state index contributed by atoms with van der Waals surface area (Å²) < 4.78 is 32.9. The fraction of sp³-hybridized carbons (Fsp3) is 0.625. The molecule has 0 spiro atoms. The highest BCUT2D eigenvalue weighted by molar-refractivity contribution is 5.29. The van der Waals surface area contributed by atoms with E-state index in [1.54, 1.807) is 19.2 Å². The zero-order valence-electron chi connectivity index (χ0n) is 11.6. The monoisotopic (exact) mass is 268 g/mol. The fourth-order valence-electron chi connectivity index (χ4n) is 2.93. The van der Waals surface area contributed by atoms with Gasteiger partial charge in [0.15, 0.2) is 0 Å². The van der Waals surface area contributed by atoms with E-state index in [9.17, 15) is 8.78 Å². The van der Waals surface area contributed by atoms with Gasteiger partial charge in [-0.25, -0.2) is 8.78 Å². The van der Waals surface area contributed by atoms with Crippen LogP contribution in [0.4, 0.5) is 8.78 Å². The molecule has 0 N–H and O–H groups in total. The molecule has 0 heterocycles. The Kier molecular flexibility index (Phi) is 5.32. The highest BCUT2D eigenvalue weighted by Crippen LogP contribution is 2.34. The van der Waals surface area contributed by atoms with Crippen molar-refractivity contribution >= 4 is 0 Å². The van der Waals surface area contributed by atoms with E-state index >= 15 is 0 Å². The van der Waals surface area contributed by atoms with Crippen LogP contribution >= 0.6 is 0 Å². The number of ether oxygens (including phenoxy) is 1. The van der Waals surface area contributed by atoms with Gasteiger partial charge in [0, 0.05) is 19.3 Å². The molecule has 1 aliphatic carbocycles. The van der Waals surface area contributed by atoms with Crippen molar-refractivity contribution in [2.24, 2.45) is 0 Å². The third-order valence-corrected chi connectivity index (χ3v) is 4.02. The molecule has 0 aromatic heterocycles. The molecule has 1 saturated carbocycles. The molecule has 3 heteroatoms. The van der Waals surface area contributed by atoms with Crippen LogP contribution < -0.4 is 0 Å². The van der Waals surface area contributed by atoms with E-state index < -0.39 is 11.6 Å². The maximum atomic E-state index is 14.0. The largest absolute Gasteiger partial charge is 0.385 e. The predicted octanol–water partition coefficient (Wildman–Crippen LogP) is 4.59. The van der Waals surface area contributed by atoms with E-state index in [1.165, 1.54) is 19.3 Å². The topological polar surface area (TPSA) is 9.23 Å². The van der Waals surface area contributed by atoms with Crippen LogP contribution in [0.5, 0.6) is 0 Å². The van der Waals surface area contributed by atoms with Gasteiger partial charge < -0.3 is 4.74 Å². The summed E-state index contributed by atoms with van der Waals surface area (Å²) in [5, 5.41) is 0. The Bertz CT molecular complexity index is 388. The van der Waals surface area contributed by atoms with Gasteiger partial charge in [0.25, 0.3) is 0 Å². The number of rotatable bonds is 5. The molecule has 1 aliphatic rings. The van der Waals surface area contributed by atoms with Crippen LogP contribution in [0.1, 0.15) is 55.6 Å². The van der Waals surface area contributed by atoms with Gasteiger partial charge in [-0.3, -0.25) is 0 Å². The van der Waals surface area contributed by atoms with E-state index in [0.29, 0.717) is 25.4 Å². The minimum atomic E-state index is -0.392. The van der Waals surface area contributed by atoms with Crippen molar-refractivity contribution in [3.05, 3.63) is 34.9 Å². The van der Waals surface area contributed by atoms with Gasteiger partial charge in [-0.15, -0.1) is 0 Å². The van der Waals surface area contributed by atoms with Gasteiger partial charge in [-0.05, 0) is 49.3 Å². The minimum Gasteiger partial charge on any atom is -0.385 e. The third-order valence-electron chi connectivity index (χ3n) is 4.02. The number of methoxy groups -OCH3 is 1. The Balaban J connectivity index is 2.11. The molecule has 1 fully saturated rings. The summed E-state index contributed by atoms with van der Waals surface area (Å²) in [6.07, 6.45) is 6.75. The summed E-state index contributed by atoms with van der Waals surface area (Å²) in [6.45, 7) is 0.531. The van der Waals surface area contributed by atoms with Crippen LogP contribution in [0.3, 0.4) is 0 Å². The highest BCUT2D eigenvalue weighted by atomic mass is 19.1. The Labute approximate surface area is 114 Å². The number of halogens is 2. The maximum Gasteiger partial charge on any atom is 0.129 e. The highest BCUT2D eigenvalue weighted by Gasteiger charge is 2.19. The second kappa shape index (κ2) is 6.99. The van der Waals surface area contributed by atoms with Crippen molar-refractivity contribution in [2.75, 3.05) is 13.7 Å². The summed E-state index contributed by atoms with van der Waals surface area (Å²) in [5.74, 6) is -0.445. The SMILES string of the molecule is COCCCc1c(F)cc(C2CCCCC2)cc1F. The zero-order chi connectivity index (χ0) is 13.7. The first-order valence-electron chi connectivity index (χ1n) is 7.19.